The zero-order chi connectivity index (χ0) is 18.8. The van der Waals surface area contributed by atoms with Crippen LogP contribution in [-0.4, -0.2) is 31.7 Å². The van der Waals surface area contributed by atoms with Crippen molar-refractivity contribution in [1.29, 1.82) is 0 Å². The van der Waals surface area contributed by atoms with Crippen LogP contribution in [0.25, 0.3) is 0 Å². The van der Waals surface area contributed by atoms with Crippen molar-refractivity contribution in [3.05, 3.63) is 66.7 Å². The van der Waals surface area contributed by atoms with E-state index < -0.39 is 11.8 Å². The normalized spacial score (nSPS) is 10.2. The summed E-state index contributed by atoms with van der Waals surface area (Å²) in [6.07, 6.45) is 3.08. The first kappa shape index (κ1) is 18.7. The van der Waals surface area contributed by atoms with Crippen molar-refractivity contribution in [1.82, 2.24) is 5.43 Å². The maximum atomic E-state index is 11.9. The minimum Gasteiger partial charge on any atom is -0.495 e. The number of benzene rings is 2. The standard InChI is InChI=1S/C19H19N3O4/c1-3-12-26-15-10-8-14(9-11-15)13-20-22-19(24)18(23)21-16-6-4-5-7-17(16)25-2/h3-11,13H,1,12H2,2H3,(H,21,23)(H,22,24)/b20-13-. The average molecular weight is 353 g/mol. The van der Waals surface area contributed by atoms with Crippen LogP contribution in [0.2, 0.25) is 0 Å². The molecule has 0 aliphatic rings. The molecule has 0 aromatic heterocycles. The smallest absolute Gasteiger partial charge is 0.329 e. The number of hydrogen-bond acceptors (Lipinski definition) is 5. The van der Waals surface area contributed by atoms with E-state index in [9.17, 15) is 9.59 Å². The lowest BCUT2D eigenvalue weighted by Gasteiger charge is -2.08. The first-order valence-corrected chi connectivity index (χ1v) is 7.75. The minimum absolute atomic E-state index is 0.397. The van der Waals surface area contributed by atoms with Crippen LogP contribution in [0.4, 0.5) is 5.69 Å². The zero-order valence-corrected chi connectivity index (χ0v) is 14.3. The second kappa shape index (κ2) is 9.63. The van der Waals surface area contributed by atoms with Crippen LogP contribution in [0.1, 0.15) is 5.56 Å². The SMILES string of the molecule is C=CCOc1ccc(/C=N\NC(=O)C(=O)Nc2ccccc2OC)cc1. The molecule has 0 saturated carbocycles. The van der Waals surface area contributed by atoms with Crippen molar-refractivity contribution in [2.75, 3.05) is 19.0 Å². The molecule has 2 rings (SSSR count). The molecule has 2 aromatic rings. The van der Waals surface area contributed by atoms with Crippen LogP contribution in [0, 0.1) is 0 Å². The fourth-order valence-corrected chi connectivity index (χ4v) is 1.95. The highest BCUT2D eigenvalue weighted by Crippen LogP contribution is 2.22. The maximum Gasteiger partial charge on any atom is 0.329 e. The van der Waals surface area contributed by atoms with Crippen molar-refractivity contribution >= 4 is 23.7 Å². The molecular weight excluding hydrogens is 334 g/mol. The van der Waals surface area contributed by atoms with Crippen molar-refractivity contribution in [3.63, 3.8) is 0 Å². The first-order valence-electron chi connectivity index (χ1n) is 7.75. The van der Waals surface area contributed by atoms with Gasteiger partial charge in [-0.2, -0.15) is 5.10 Å². The van der Waals surface area contributed by atoms with E-state index in [4.69, 9.17) is 9.47 Å². The average Bonchev–Trinajstić information content (AvgIpc) is 2.67. The number of nitrogens with one attached hydrogen (secondary N) is 2. The number of nitrogens with zero attached hydrogens (tertiary/aromatic N) is 1. The molecular formula is C19H19N3O4. The summed E-state index contributed by atoms with van der Waals surface area (Å²) in [4.78, 5) is 23.7. The molecule has 2 aromatic carbocycles. The highest BCUT2D eigenvalue weighted by atomic mass is 16.5. The summed E-state index contributed by atoms with van der Waals surface area (Å²) in [7, 11) is 1.48. The number of carbonyl (C=O) groups excluding carboxylic acids is 2. The Hall–Kier alpha value is -3.61. The summed E-state index contributed by atoms with van der Waals surface area (Å²) in [5.74, 6) is -0.587. The Balaban J connectivity index is 1.88. The highest BCUT2D eigenvalue weighted by Gasteiger charge is 2.14. The van der Waals surface area contributed by atoms with Gasteiger partial charge in [-0.05, 0) is 42.0 Å². The zero-order valence-electron chi connectivity index (χ0n) is 14.3. The molecule has 7 heteroatoms. The van der Waals surface area contributed by atoms with Crippen LogP contribution in [0.5, 0.6) is 11.5 Å². The first-order chi connectivity index (χ1) is 12.6. The van der Waals surface area contributed by atoms with Crippen molar-refractivity contribution < 1.29 is 19.1 Å². The number of carbonyl (C=O) groups is 2. The van der Waals surface area contributed by atoms with Gasteiger partial charge in [0.25, 0.3) is 0 Å². The Morgan fingerprint density at radius 3 is 2.54 bits per heavy atom. The van der Waals surface area contributed by atoms with E-state index in [2.05, 4.69) is 22.4 Å². The molecule has 0 aliphatic carbocycles. The number of anilines is 1. The lowest BCUT2D eigenvalue weighted by molar-refractivity contribution is -0.136. The molecule has 0 bridgehead atoms. The summed E-state index contributed by atoms with van der Waals surface area (Å²) in [5.41, 5.74) is 3.31. The molecule has 7 nitrogen and oxygen atoms in total. The molecule has 0 atom stereocenters. The lowest BCUT2D eigenvalue weighted by Crippen LogP contribution is -2.32. The van der Waals surface area contributed by atoms with Gasteiger partial charge in [-0.15, -0.1) is 0 Å². The Morgan fingerprint density at radius 2 is 1.85 bits per heavy atom. The number of para-hydroxylation sites is 2. The molecule has 0 radical (unpaired) electrons. The van der Waals surface area contributed by atoms with E-state index in [1.54, 1.807) is 54.6 Å². The quantitative estimate of drug-likeness (QED) is 0.346. The largest absolute Gasteiger partial charge is 0.495 e. The van der Waals surface area contributed by atoms with E-state index in [0.717, 1.165) is 5.56 Å². The van der Waals surface area contributed by atoms with Crippen LogP contribution in [0.3, 0.4) is 0 Å². The Bertz CT molecular complexity index is 801. The predicted molar refractivity (Wildman–Crippen MR) is 99.5 cm³/mol. The van der Waals surface area contributed by atoms with Crippen LogP contribution >= 0.6 is 0 Å². The summed E-state index contributed by atoms with van der Waals surface area (Å²) in [5, 5.41) is 6.23. The van der Waals surface area contributed by atoms with Crippen molar-refractivity contribution in [3.8, 4) is 11.5 Å². The lowest BCUT2D eigenvalue weighted by atomic mass is 10.2. The number of methoxy groups -OCH3 is 1. The highest BCUT2D eigenvalue weighted by molar-refractivity contribution is 6.39. The van der Waals surface area contributed by atoms with E-state index in [-0.39, 0.29) is 0 Å². The molecule has 0 fully saturated rings. The molecule has 0 heterocycles. The fourth-order valence-electron chi connectivity index (χ4n) is 1.95. The second-order valence-corrected chi connectivity index (χ2v) is 5.02. The topological polar surface area (TPSA) is 89.0 Å². The number of hydrazone groups is 1. The van der Waals surface area contributed by atoms with Crippen LogP contribution < -0.4 is 20.2 Å². The number of rotatable bonds is 7. The van der Waals surface area contributed by atoms with Gasteiger partial charge in [-0.25, -0.2) is 5.43 Å². The van der Waals surface area contributed by atoms with Gasteiger partial charge in [0.15, 0.2) is 0 Å². The number of amides is 2. The van der Waals surface area contributed by atoms with Gasteiger partial charge in [0, 0.05) is 0 Å². The van der Waals surface area contributed by atoms with Gasteiger partial charge in [-0.1, -0.05) is 24.8 Å². The van der Waals surface area contributed by atoms with E-state index >= 15 is 0 Å². The second-order valence-electron chi connectivity index (χ2n) is 5.02. The van der Waals surface area contributed by atoms with Gasteiger partial charge in [0.05, 0.1) is 19.0 Å². The third-order valence-electron chi connectivity index (χ3n) is 3.19. The molecule has 134 valence electrons. The van der Waals surface area contributed by atoms with E-state index in [0.29, 0.717) is 23.8 Å². The third-order valence-corrected chi connectivity index (χ3v) is 3.19. The summed E-state index contributed by atoms with van der Waals surface area (Å²) in [6.45, 7) is 4.00. The minimum atomic E-state index is -0.891. The molecule has 0 aliphatic heterocycles. The molecule has 2 amide bonds. The summed E-state index contributed by atoms with van der Waals surface area (Å²) >= 11 is 0. The summed E-state index contributed by atoms with van der Waals surface area (Å²) in [6, 6.07) is 13.8. The van der Waals surface area contributed by atoms with Crippen LogP contribution in [0.15, 0.2) is 66.3 Å². The van der Waals surface area contributed by atoms with E-state index in [1.807, 2.05) is 0 Å². The number of hydrogen-bond donors (Lipinski definition) is 2. The van der Waals surface area contributed by atoms with E-state index in [1.165, 1.54) is 13.3 Å². The van der Waals surface area contributed by atoms with Gasteiger partial charge in [0.1, 0.15) is 18.1 Å². The molecule has 26 heavy (non-hydrogen) atoms. The number of ether oxygens (including phenoxy) is 2. The van der Waals surface area contributed by atoms with Crippen molar-refractivity contribution in [2.24, 2.45) is 5.10 Å². The van der Waals surface area contributed by atoms with Gasteiger partial charge in [-0.3, -0.25) is 9.59 Å². The predicted octanol–water partition coefficient (Wildman–Crippen LogP) is 2.35. The molecule has 0 spiro atoms. The fraction of sp³-hybridized carbons (Fsp3) is 0.105. The van der Waals surface area contributed by atoms with Gasteiger partial charge < -0.3 is 14.8 Å². The third kappa shape index (κ3) is 5.48. The monoisotopic (exact) mass is 353 g/mol. The Kier molecular flexibility index (Phi) is 6.93. The Morgan fingerprint density at radius 1 is 1.12 bits per heavy atom. The summed E-state index contributed by atoms with van der Waals surface area (Å²) < 4.78 is 10.5. The molecule has 0 unspecified atom stereocenters. The Labute approximate surface area is 151 Å². The van der Waals surface area contributed by atoms with Gasteiger partial charge in [0.2, 0.25) is 0 Å². The van der Waals surface area contributed by atoms with Gasteiger partial charge >= 0.3 is 11.8 Å². The molecule has 2 N–H and O–H groups in total. The van der Waals surface area contributed by atoms with Crippen molar-refractivity contribution in [2.45, 2.75) is 0 Å². The maximum absolute atomic E-state index is 11.9. The molecule has 0 saturated heterocycles. The van der Waals surface area contributed by atoms with Crippen LogP contribution in [-0.2, 0) is 9.59 Å².